The Morgan fingerprint density at radius 1 is 1.28 bits per heavy atom. The van der Waals surface area contributed by atoms with E-state index in [-0.39, 0.29) is 0 Å². The van der Waals surface area contributed by atoms with Gasteiger partial charge in [-0.1, -0.05) is 26.3 Å². The summed E-state index contributed by atoms with van der Waals surface area (Å²) in [5.41, 5.74) is 1.05. The maximum absolute atomic E-state index is 5.96. The lowest BCUT2D eigenvalue weighted by atomic mass is 9.98. The molecule has 1 aliphatic rings. The summed E-state index contributed by atoms with van der Waals surface area (Å²) in [6, 6.07) is 6.52. The average Bonchev–Trinajstić information content (AvgIpc) is 2.38. The SMILES string of the molecule is CC(C)NCc1cccc(OC2CCCCC2)n1. The topological polar surface area (TPSA) is 34.1 Å². The van der Waals surface area contributed by atoms with Crippen molar-refractivity contribution >= 4 is 0 Å². The van der Waals surface area contributed by atoms with Gasteiger partial charge in [-0.05, 0) is 31.7 Å². The zero-order valence-electron chi connectivity index (χ0n) is 11.5. The van der Waals surface area contributed by atoms with Crippen molar-refractivity contribution in [1.29, 1.82) is 0 Å². The molecule has 0 amide bonds. The fourth-order valence-corrected chi connectivity index (χ4v) is 2.28. The summed E-state index contributed by atoms with van der Waals surface area (Å²) in [4.78, 5) is 4.55. The van der Waals surface area contributed by atoms with Crippen molar-refractivity contribution in [2.75, 3.05) is 0 Å². The lowest BCUT2D eigenvalue weighted by molar-refractivity contribution is 0.148. The monoisotopic (exact) mass is 248 g/mol. The number of nitrogens with zero attached hydrogens (tertiary/aromatic N) is 1. The number of aromatic nitrogens is 1. The minimum atomic E-state index is 0.375. The molecule has 0 atom stereocenters. The highest BCUT2D eigenvalue weighted by molar-refractivity contribution is 5.16. The normalized spacial score (nSPS) is 17.1. The summed E-state index contributed by atoms with van der Waals surface area (Å²) in [6.45, 7) is 5.09. The number of pyridine rings is 1. The summed E-state index contributed by atoms with van der Waals surface area (Å²) in [6.07, 6.45) is 6.66. The zero-order valence-corrected chi connectivity index (χ0v) is 11.5. The van der Waals surface area contributed by atoms with Crippen LogP contribution in [0.25, 0.3) is 0 Å². The minimum absolute atomic E-state index is 0.375. The maximum atomic E-state index is 5.96. The quantitative estimate of drug-likeness (QED) is 0.868. The van der Waals surface area contributed by atoms with E-state index in [0.29, 0.717) is 12.1 Å². The summed E-state index contributed by atoms with van der Waals surface area (Å²) in [7, 11) is 0. The Labute approximate surface area is 110 Å². The molecule has 0 unspecified atom stereocenters. The van der Waals surface area contributed by atoms with Crippen LogP contribution in [0.3, 0.4) is 0 Å². The van der Waals surface area contributed by atoms with Crippen molar-refractivity contribution in [1.82, 2.24) is 10.3 Å². The van der Waals surface area contributed by atoms with Crippen LogP contribution in [0.1, 0.15) is 51.6 Å². The van der Waals surface area contributed by atoms with Crippen molar-refractivity contribution in [3.63, 3.8) is 0 Å². The van der Waals surface area contributed by atoms with Crippen LogP contribution in [0, 0.1) is 0 Å². The molecule has 3 heteroatoms. The van der Waals surface area contributed by atoms with Crippen LogP contribution in [0.15, 0.2) is 18.2 Å². The summed E-state index contributed by atoms with van der Waals surface area (Å²) in [5, 5.41) is 3.37. The van der Waals surface area contributed by atoms with Crippen LogP contribution < -0.4 is 10.1 Å². The third-order valence-electron chi connectivity index (χ3n) is 3.31. The zero-order chi connectivity index (χ0) is 12.8. The Morgan fingerprint density at radius 2 is 2.06 bits per heavy atom. The smallest absolute Gasteiger partial charge is 0.213 e. The van der Waals surface area contributed by atoms with Crippen LogP contribution in [0.4, 0.5) is 0 Å². The highest BCUT2D eigenvalue weighted by atomic mass is 16.5. The molecule has 1 heterocycles. The van der Waals surface area contributed by atoms with Gasteiger partial charge in [0.1, 0.15) is 6.10 Å². The Balaban J connectivity index is 1.89. The molecule has 0 aromatic carbocycles. The van der Waals surface area contributed by atoms with E-state index >= 15 is 0 Å². The minimum Gasteiger partial charge on any atom is -0.474 e. The second-order valence-corrected chi connectivity index (χ2v) is 5.38. The molecule has 1 aromatic heterocycles. The Bertz CT molecular complexity index is 359. The van der Waals surface area contributed by atoms with E-state index in [1.807, 2.05) is 18.2 Å². The van der Waals surface area contributed by atoms with E-state index in [4.69, 9.17) is 4.74 Å². The van der Waals surface area contributed by atoms with Crippen molar-refractivity contribution < 1.29 is 4.74 Å². The van der Waals surface area contributed by atoms with E-state index < -0.39 is 0 Å². The first-order valence-electron chi connectivity index (χ1n) is 7.10. The van der Waals surface area contributed by atoms with E-state index in [0.717, 1.165) is 18.1 Å². The molecular weight excluding hydrogens is 224 g/mol. The van der Waals surface area contributed by atoms with E-state index in [2.05, 4.69) is 24.1 Å². The summed E-state index contributed by atoms with van der Waals surface area (Å²) < 4.78 is 5.96. The third kappa shape index (κ3) is 4.30. The fraction of sp³-hybridized carbons (Fsp3) is 0.667. The van der Waals surface area contributed by atoms with Crippen LogP contribution in [-0.2, 0) is 6.54 Å². The number of hydrogen-bond acceptors (Lipinski definition) is 3. The van der Waals surface area contributed by atoms with Crippen molar-refractivity contribution in [3.05, 3.63) is 23.9 Å². The van der Waals surface area contributed by atoms with Gasteiger partial charge in [-0.3, -0.25) is 0 Å². The van der Waals surface area contributed by atoms with Gasteiger partial charge in [-0.25, -0.2) is 4.98 Å². The largest absolute Gasteiger partial charge is 0.474 e. The van der Waals surface area contributed by atoms with Gasteiger partial charge < -0.3 is 10.1 Å². The molecule has 1 aliphatic carbocycles. The predicted octanol–water partition coefficient (Wildman–Crippen LogP) is 3.29. The molecule has 0 radical (unpaired) electrons. The summed E-state index contributed by atoms with van der Waals surface area (Å²) in [5.74, 6) is 0.782. The first-order valence-corrected chi connectivity index (χ1v) is 7.10. The molecule has 1 saturated carbocycles. The van der Waals surface area contributed by atoms with Gasteiger partial charge in [0.15, 0.2) is 0 Å². The van der Waals surface area contributed by atoms with Crippen LogP contribution >= 0.6 is 0 Å². The molecule has 3 nitrogen and oxygen atoms in total. The summed E-state index contributed by atoms with van der Waals surface area (Å²) >= 11 is 0. The lowest BCUT2D eigenvalue weighted by Crippen LogP contribution is -2.23. The molecule has 100 valence electrons. The first kappa shape index (κ1) is 13.3. The van der Waals surface area contributed by atoms with Crippen molar-refractivity contribution in [2.24, 2.45) is 0 Å². The molecular formula is C15H24N2O. The van der Waals surface area contributed by atoms with Gasteiger partial charge in [0.25, 0.3) is 0 Å². The van der Waals surface area contributed by atoms with E-state index in [1.54, 1.807) is 0 Å². The van der Waals surface area contributed by atoms with Gasteiger partial charge >= 0.3 is 0 Å². The Morgan fingerprint density at radius 3 is 2.78 bits per heavy atom. The average molecular weight is 248 g/mol. The molecule has 0 aliphatic heterocycles. The Hall–Kier alpha value is -1.09. The molecule has 0 bridgehead atoms. The standard InChI is InChI=1S/C15H24N2O/c1-12(2)16-11-13-7-6-10-15(17-13)18-14-8-4-3-5-9-14/h6-7,10,12,14,16H,3-5,8-9,11H2,1-2H3. The van der Waals surface area contributed by atoms with Crippen LogP contribution in [-0.4, -0.2) is 17.1 Å². The number of hydrogen-bond donors (Lipinski definition) is 1. The van der Waals surface area contributed by atoms with Gasteiger partial charge in [-0.2, -0.15) is 0 Å². The molecule has 1 fully saturated rings. The first-order chi connectivity index (χ1) is 8.74. The van der Waals surface area contributed by atoms with Crippen LogP contribution in [0.5, 0.6) is 5.88 Å². The van der Waals surface area contributed by atoms with Gasteiger partial charge in [0, 0.05) is 18.7 Å². The van der Waals surface area contributed by atoms with Crippen molar-refractivity contribution in [2.45, 2.75) is 64.6 Å². The van der Waals surface area contributed by atoms with Gasteiger partial charge in [-0.15, -0.1) is 0 Å². The van der Waals surface area contributed by atoms with Crippen LogP contribution in [0.2, 0.25) is 0 Å². The highest BCUT2D eigenvalue weighted by Crippen LogP contribution is 2.22. The predicted molar refractivity (Wildman–Crippen MR) is 73.7 cm³/mol. The number of ether oxygens (including phenoxy) is 1. The molecule has 1 aromatic rings. The second-order valence-electron chi connectivity index (χ2n) is 5.38. The molecule has 1 N–H and O–H groups in total. The molecule has 2 rings (SSSR count). The highest BCUT2D eigenvalue weighted by Gasteiger charge is 2.15. The van der Waals surface area contributed by atoms with Gasteiger partial charge in [0.05, 0.1) is 5.69 Å². The lowest BCUT2D eigenvalue weighted by Gasteiger charge is -2.22. The molecule has 18 heavy (non-hydrogen) atoms. The van der Waals surface area contributed by atoms with Gasteiger partial charge in [0.2, 0.25) is 5.88 Å². The third-order valence-corrected chi connectivity index (χ3v) is 3.31. The maximum Gasteiger partial charge on any atom is 0.213 e. The Kier molecular flexibility index (Phi) is 5.00. The van der Waals surface area contributed by atoms with E-state index in [1.165, 1.54) is 32.1 Å². The number of nitrogens with one attached hydrogen (secondary N) is 1. The number of rotatable bonds is 5. The fourth-order valence-electron chi connectivity index (χ4n) is 2.28. The van der Waals surface area contributed by atoms with E-state index in [9.17, 15) is 0 Å². The molecule has 0 spiro atoms. The second kappa shape index (κ2) is 6.74. The van der Waals surface area contributed by atoms with Crippen molar-refractivity contribution in [3.8, 4) is 5.88 Å². The molecule has 0 saturated heterocycles.